The molecule has 2 fully saturated rings. The Kier molecular flexibility index (Phi) is 6.30. The molecule has 3 rings (SSSR count). The molecule has 0 aliphatic carbocycles. The van der Waals surface area contributed by atoms with Crippen molar-refractivity contribution in [2.24, 2.45) is 0 Å². The highest BCUT2D eigenvalue weighted by Crippen LogP contribution is 2.39. The molecule has 1 unspecified atom stereocenters. The van der Waals surface area contributed by atoms with E-state index < -0.39 is 17.5 Å². The zero-order valence-electron chi connectivity index (χ0n) is 17.6. The second-order valence-corrected chi connectivity index (χ2v) is 8.16. The van der Waals surface area contributed by atoms with E-state index in [1.165, 1.54) is 0 Å². The molecule has 2 aliphatic rings. The van der Waals surface area contributed by atoms with Crippen molar-refractivity contribution in [1.82, 2.24) is 15.5 Å². The number of urea groups is 1. The van der Waals surface area contributed by atoms with Crippen LogP contribution in [0.2, 0.25) is 5.02 Å². The molecule has 1 aromatic carbocycles. The number of benzene rings is 1. The molecule has 2 saturated heterocycles. The quantitative estimate of drug-likeness (QED) is 0.656. The first kappa shape index (κ1) is 22.0. The molecule has 9 nitrogen and oxygen atoms in total. The Labute approximate surface area is 180 Å². The fraction of sp³-hybridized carbons (Fsp3) is 0.550. The van der Waals surface area contributed by atoms with E-state index in [2.05, 4.69) is 15.5 Å². The Morgan fingerprint density at radius 2 is 1.87 bits per heavy atom. The summed E-state index contributed by atoms with van der Waals surface area (Å²) in [5.74, 6) is 0.621. The van der Waals surface area contributed by atoms with E-state index in [9.17, 15) is 14.4 Å². The summed E-state index contributed by atoms with van der Waals surface area (Å²) < 4.78 is 10.7. The van der Waals surface area contributed by atoms with E-state index in [1.54, 1.807) is 26.0 Å². The van der Waals surface area contributed by atoms with Crippen molar-refractivity contribution < 1.29 is 23.9 Å². The van der Waals surface area contributed by atoms with Gasteiger partial charge in [-0.3, -0.25) is 14.9 Å². The minimum atomic E-state index is -1.05. The number of nitrogens with zero attached hydrogens (tertiary/aromatic N) is 2. The number of methoxy groups -OCH3 is 2. The fourth-order valence-corrected chi connectivity index (χ4v) is 4.12. The smallest absolute Gasteiger partial charge is 0.322 e. The predicted octanol–water partition coefficient (Wildman–Crippen LogP) is 1.77. The molecule has 2 atom stereocenters. The van der Waals surface area contributed by atoms with Gasteiger partial charge in [-0.15, -0.1) is 0 Å². The number of carbonyl (C=O) groups excluding carboxylic acids is 3. The summed E-state index contributed by atoms with van der Waals surface area (Å²) in [5, 5.41) is 5.22. The molecule has 164 valence electrons. The van der Waals surface area contributed by atoms with Gasteiger partial charge in [-0.05, 0) is 20.3 Å². The largest absolute Gasteiger partial charge is 0.495 e. The molecular formula is C20H27ClN4O5. The Morgan fingerprint density at radius 3 is 2.37 bits per heavy atom. The molecule has 4 amide bonds. The van der Waals surface area contributed by atoms with E-state index >= 15 is 0 Å². The number of ether oxygens (including phenoxy) is 2. The summed E-state index contributed by atoms with van der Waals surface area (Å²) in [6, 6.07) is 3.26. The van der Waals surface area contributed by atoms with Gasteiger partial charge in [0, 0.05) is 49.9 Å². The van der Waals surface area contributed by atoms with Gasteiger partial charge in [0.2, 0.25) is 5.91 Å². The lowest BCUT2D eigenvalue weighted by atomic mass is 9.95. The van der Waals surface area contributed by atoms with Crippen molar-refractivity contribution in [2.75, 3.05) is 38.8 Å². The van der Waals surface area contributed by atoms with Crippen LogP contribution in [-0.2, 0) is 9.59 Å². The van der Waals surface area contributed by atoms with E-state index in [1.807, 2.05) is 19.1 Å². The highest BCUT2D eigenvalue weighted by molar-refractivity contribution is 6.33. The van der Waals surface area contributed by atoms with E-state index in [4.69, 9.17) is 21.1 Å². The highest BCUT2D eigenvalue weighted by atomic mass is 35.5. The normalized spacial score (nSPS) is 23.8. The van der Waals surface area contributed by atoms with Crippen LogP contribution in [0, 0.1) is 0 Å². The van der Waals surface area contributed by atoms with Crippen molar-refractivity contribution in [1.29, 1.82) is 0 Å². The minimum absolute atomic E-state index is 0.0389. The van der Waals surface area contributed by atoms with Gasteiger partial charge in [0.1, 0.15) is 22.1 Å². The third kappa shape index (κ3) is 4.26. The average Bonchev–Trinajstić information content (AvgIpc) is 2.98. The maximum Gasteiger partial charge on any atom is 0.322 e. The Balaban J connectivity index is 1.63. The zero-order valence-corrected chi connectivity index (χ0v) is 18.3. The summed E-state index contributed by atoms with van der Waals surface area (Å²) in [4.78, 5) is 40.0. The Bertz CT molecular complexity index is 839. The molecule has 30 heavy (non-hydrogen) atoms. The van der Waals surface area contributed by atoms with E-state index in [-0.39, 0.29) is 24.8 Å². The molecule has 2 N–H and O–H groups in total. The van der Waals surface area contributed by atoms with Gasteiger partial charge in [-0.1, -0.05) is 11.6 Å². The molecule has 1 aromatic rings. The van der Waals surface area contributed by atoms with Gasteiger partial charge in [-0.2, -0.15) is 0 Å². The summed E-state index contributed by atoms with van der Waals surface area (Å²) in [7, 11) is 3.11. The van der Waals surface area contributed by atoms with Crippen molar-refractivity contribution in [3.05, 3.63) is 17.2 Å². The highest BCUT2D eigenvalue weighted by Gasteiger charge is 2.42. The van der Waals surface area contributed by atoms with Crippen LogP contribution in [-0.4, -0.2) is 68.2 Å². The summed E-state index contributed by atoms with van der Waals surface area (Å²) in [5.41, 5.74) is -0.137. The van der Waals surface area contributed by atoms with Crippen molar-refractivity contribution in [2.45, 2.75) is 38.3 Å². The maximum atomic E-state index is 12.7. The molecule has 0 spiro atoms. The van der Waals surface area contributed by atoms with Crippen LogP contribution in [0.4, 0.5) is 10.5 Å². The lowest BCUT2D eigenvalue weighted by Gasteiger charge is -2.41. The number of hydrogen-bond donors (Lipinski definition) is 2. The third-order valence-electron chi connectivity index (χ3n) is 5.70. The number of rotatable bonds is 6. The lowest BCUT2D eigenvalue weighted by Crippen LogP contribution is -2.54. The number of amides is 4. The summed E-state index contributed by atoms with van der Waals surface area (Å²) in [6.45, 7) is 5.39. The molecule has 2 heterocycles. The summed E-state index contributed by atoms with van der Waals surface area (Å²) in [6.07, 6.45) is 0.434. The predicted molar refractivity (Wildman–Crippen MR) is 112 cm³/mol. The first-order valence-electron chi connectivity index (χ1n) is 9.78. The minimum Gasteiger partial charge on any atom is -0.495 e. The maximum absolute atomic E-state index is 12.7. The van der Waals surface area contributed by atoms with Crippen LogP contribution in [0.25, 0.3) is 0 Å². The van der Waals surface area contributed by atoms with Crippen LogP contribution in [0.15, 0.2) is 12.1 Å². The number of hydrogen-bond acceptors (Lipinski definition) is 6. The molecule has 0 saturated carbocycles. The molecular weight excluding hydrogens is 412 g/mol. The standard InChI is InChI=1S/C20H27ClN4O5/c1-12-11-24(16(26)5-6-20(2)18(27)22-19(28)23-20)7-8-25(12)13-9-14(29-3)17(21)15(10-13)30-4/h9-10,12H,5-8,11H2,1-4H3,(H2,22,23,27,28)/t12-,20?/m0/s1. The van der Waals surface area contributed by atoms with Crippen LogP contribution in [0.5, 0.6) is 11.5 Å². The third-order valence-corrected chi connectivity index (χ3v) is 6.07. The van der Waals surface area contributed by atoms with Crippen molar-refractivity contribution >= 4 is 35.1 Å². The second kappa shape index (κ2) is 8.59. The van der Waals surface area contributed by atoms with Gasteiger partial charge >= 0.3 is 6.03 Å². The topological polar surface area (TPSA) is 100 Å². The average molecular weight is 439 g/mol. The van der Waals surface area contributed by atoms with Crippen molar-refractivity contribution in [3.63, 3.8) is 0 Å². The summed E-state index contributed by atoms with van der Waals surface area (Å²) >= 11 is 6.26. The van der Waals surface area contributed by atoms with Gasteiger partial charge in [0.05, 0.1) is 14.2 Å². The second-order valence-electron chi connectivity index (χ2n) is 7.79. The molecule has 0 radical (unpaired) electrons. The van der Waals surface area contributed by atoms with Gasteiger partial charge in [-0.25, -0.2) is 4.79 Å². The SMILES string of the molecule is COc1cc(N2CCN(C(=O)CCC3(C)NC(=O)NC3=O)C[C@@H]2C)cc(OC)c1Cl. The number of nitrogens with one attached hydrogen (secondary N) is 2. The molecule has 0 aromatic heterocycles. The van der Waals surface area contributed by atoms with Gasteiger partial charge in [0.15, 0.2) is 0 Å². The molecule has 0 bridgehead atoms. The number of imide groups is 1. The molecule has 2 aliphatic heterocycles. The van der Waals surface area contributed by atoms with Crippen LogP contribution >= 0.6 is 11.6 Å². The van der Waals surface area contributed by atoms with E-state index in [0.29, 0.717) is 36.2 Å². The Hall–Kier alpha value is -2.68. The number of anilines is 1. The number of halogens is 1. The number of piperazine rings is 1. The zero-order chi connectivity index (χ0) is 22.1. The first-order chi connectivity index (χ1) is 14.2. The van der Waals surface area contributed by atoms with Crippen LogP contribution in [0.3, 0.4) is 0 Å². The monoisotopic (exact) mass is 438 g/mol. The van der Waals surface area contributed by atoms with E-state index in [0.717, 1.165) is 5.69 Å². The van der Waals surface area contributed by atoms with Crippen LogP contribution < -0.4 is 25.0 Å². The Morgan fingerprint density at radius 1 is 1.23 bits per heavy atom. The van der Waals surface area contributed by atoms with Gasteiger partial charge < -0.3 is 24.6 Å². The van der Waals surface area contributed by atoms with Gasteiger partial charge in [0.25, 0.3) is 5.91 Å². The number of carbonyl (C=O) groups is 3. The molecule has 10 heteroatoms. The fourth-order valence-electron chi connectivity index (χ4n) is 3.86. The first-order valence-corrected chi connectivity index (χ1v) is 10.2. The lowest BCUT2D eigenvalue weighted by molar-refractivity contribution is -0.132. The van der Waals surface area contributed by atoms with Crippen molar-refractivity contribution in [3.8, 4) is 11.5 Å². The van der Waals surface area contributed by atoms with Crippen LogP contribution in [0.1, 0.15) is 26.7 Å².